The molecule has 1 atom stereocenters. The van der Waals surface area contributed by atoms with Gasteiger partial charge in [0, 0.05) is 36.1 Å². The van der Waals surface area contributed by atoms with Gasteiger partial charge in [0.25, 0.3) is 0 Å². The molecule has 0 spiro atoms. The average Bonchev–Trinajstić information content (AvgIpc) is 3.08. The Balaban J connectivity index is 1.39. The molecule has 1 saturated heterocycles. The van der Waals surface area contributed by atoms with E-state index in [2.05, 4.69) is 46.5 Å². The van der Waals surface area contributed by atoms with Gasteiger partial charge in [-0.2, -0.15) is 0 Å². The van der Waals surface area contributed by atoms with Crippen molar-refractivity contribution in [2.75, 3.05) is 19.6 Å². The molecule has 1 unspecified atom stereocenters. The van der Waals surface area contributed by atoms with E-state index in [1.54, 1.807) is 0 Å². The van der Waals surface area contributed by atoms with E-state index < -0.39 is 0 Å². The molecule has 1 amide bonds. The molecule has 0 radical (unpaired) electrons. The Kier molecular flexibility index (Phi) is 7.13. The lowest BCUT2D eigenvalue weighted by molar-refractivity contribution is -0.121. The number of H-pyrrole nitrogens is 1. The van der Waals surface area contributed by atoms with E-state index in [4.69, 9.17) is 0 Å². The van der Waals surface area contributed by atoms with Gasteiger partial charge < -0.3 is 10.3 Å². The zero-order valence-corrected chi connectivity index (χ0v) is 16.1. The first kappa shape index (κ1) is 19.0. The number of aryl methyl sites for hydroxylation is 1. The van der Waals surface area contributed by atoms with Crippen molar-refractivity contribution in [3.8, 4) is 0 Å². The molecule has 1 fully saturated rings. The van der Waals surface area contributed by atoms with Crippen molar-refractivity contribution < 1.29 is 4.79 Å². The third-order valence-electron chi connectivity index (χ3n) is 5.61. The topological polar surface area (TPSA) is 48.1 Å². The molecule has 1 aromatic carbocycles. The average molecular weight is 356 g/mol. The first-order valence-electron chi connectivity index (χ1n) is 10.3. The number of carbonyl (C=O) groups is 1. The molecule has 1 aliphatic heterocycles. The molecular weight excluding hydrogens is 322 g/mol. The van der Waals surface area contributed by atoms with Crippen LogP contribution in [0.1, 0.15) is 57.4 Å². The highest BCUT2D eigenvalue weighted by atomic mass is 16.1. The summed E-state index contributed by atoms with van der Waals surface area (Å²) in [6, 6.07) is 8.90. The van der Waals surface area contributed by atoms with Gasteiger partial charge in [0.1, 0.15) is 0 Å². The van der Waals surface area contributed by atoms with Crippen LogP contribution in [0.5, 0.6) is 0 Å². The van der Waals surface area contributed by atoms with E-state index in [1.165, 1.54) is 61.7 Å². The molecule has 3 rings (SSSR count). The number of nitrogens with one attached hydrogen (secondary N) is 2. The molecule has 1 aromatic heterocycles. The van der Waals surface area contributed by atoms with Crippen LogP contribution in [0.15, 0.2) is 30.5 Å². The van der Waals surface area contributed by atoms with E-state index in [0.29, 0.717) is 12.5 Å². The number of hydrogen-bond acceptors (Lipinski definition) is 2. The van der Waals surface area contributed by atoms with Crippen LogP contribution >= 0.6 is 0 Å². The number of fused-ring (bicyclic) bond motifs is 1. The first-order chi connectivity index (χ1) is 12.8. The van der Waals surface area contributed by atoms with Gasteiger partial charge >= 0.3 is 0 Å². The molecule has 142 valence electrons. The maximum absolute atomic E-state index is 12.3. The summed E-state index contributed by atoms with van der Waals surface area (Å²) in [5, 5.41) is 4.47. The number of amides is 1. The molecule has 4 heteroatoms. The van der Waals surface area contributed by atoms with Crippen LogP contribution < -0.4 is 5.32 Å². The highest BCUT2D eigenvalue weighted by molar-refractivity contribution is 5.83. The van der Waals surface area contributed by atoms with Gasteiger partial charge in [0.15, 0.2) is 0 Å². The maximum Gasteiger partial charge on any atom is 0.220 e. The largest absolute Gasteiger partial charge is 0.361 e. The Bertz CT molecular complexity index is 694. The second-order valence-electron chi connectivity index (χ2n) is 7.56. The van der Waals surface area contributed by atoms with Gasteiger partial charge in [-0.15, -0.1) is 0 Å². The number of rotatable bonds is 9. The Morgan fingerprint density at radius 3 is 3.04 bits per heavy atom. The Morgan fingerprint density at radius 2 is 2.15 bits per heavy atom. The second kappa shape index (κ2) is 9.77. The number of piperidine rings is 1. The minimum absolute atomic E-state index is 0.200. The normalized spacial score (nSPS) is 18.3. The van der Waals surface area contributed by atoms with E-state index in [9.17, 15) is 4.79 Å². The van der Waals surface area contributed by atoms with Crippen molar-refractivity contribution in [2.45, 2.75) is 64.3 Å². The molecule has 0 saturated carbocycles. The van der Waals surface area contributed by atoms with Crippen molar-refractivity contribution in [1.82, 2.24) is 15.2 Å². The third kappa shape index (κ3) is 5.10. The van der Waals surface area contributed by atoms with Gasteiger partial charge in [0.2, 0.25) is 5.91 Å². The number of hydrogen-bond donors (Lipinski definition) is 2. The smallest absolute Gasteiger partial charge is 0.220 e. The molecule has 26 heavy (non-hydrogen) atoms. The number of nitrogens with zero attached hydrogens (tertiary/aromatic N) is 1. The quantitative estimate of drug-likeness (QED) is 0.706. The van der Waals surface area contributed by atoms with Crippen LogP contribution in [0.4, 0.5) is 0 Å². The first-order valence-corrected chi connectivity index (χ1v) is 10.3. The molecule has 4 nitrogen and oxygen atoms in total. The number of para-hydroxylation sites is 1. The summed E-state index contributed by atoms with van der Waals surface area (Å²) in [6.07, 6.45) is 10.9. The summed E-state index contributed by atoms with van der Waals surface area (Å²) in [7, 11) is 0. The fraction of sp³-hybridized carbons (Fsp3) is 0.591. The van der Waals surface area contributed by atoms with E-state index >= 15 is 0 Å². The molecular formula is C22H33N3O. The van der Waals surface area contributed by atoms with Gasteiger partial charge in [0.05, 0.1) is 0 Å². The predicted octanol–water partition coefficient (Wildman–Crippen LogP) is 4.26. The fourth-order valence-electron chi connectivity index (χ4n) is 4.04. The van der Waals surface area contributed by atoms with Crippen LogP contribution in [0.25, 0.3) is 10.9 Å². The minimum Gasteiger partial charge on any atom is -0.361 e. The van der Waals surface area contributed by atoms with Gasteiger partial charge in [-0.25, -0.2) is 0 Å². The number of aromatic nitrogens is 1. The zero-order valence-electron chi connectivity index (χ0n) is 16.1. The minimum atomic E-state index is 0.200. The van der Waals surface area contributed by atoms with Crippen molar-refractivity contribution in [3.63, 3.8) is 0 Å². The highest BCUT2D eigenvalue weighted by Gasteiger charge is 2.22. The Labute approximate surface area is 157 Å². The van der Waals surface area contributed by atoms with Gasteiger partial charge in [-0.3, -0.25) is 9.69 Å². The van der Waals surface area contributed by atoms with E-state index in [-0.39, 0.29) is 5.91 Å². The van der Waals surface area contributed by atoms with Gasteiger partial charge in [-0.05, 0) is 56.8 Å². The number of benzene rings is 1. The lowest BCUT2D eigenvalue weighted by Crippen LogP contribution is -2.46. The molecule has 2 N–H and O–H groups in total. The third-order valence-corrected chi connectivity index (χ3v) is 5.61. The second-order valence-corrected chi connectivity index (χ2v) is 7.56. The number of unbranched alkanes of at least 4 members (excludes halogenated alkanes) is 1. The Hall–Kier alpha value is -1.81. The van der Waals surface area contributed by atoms with Crippen molar-refractivity contribution >= 4 is 16.8 Å². The molecule has 0 bridgehead atoms. The van der Waals surface area contributed by atoms with E-state index in [0.717, 1.165) is 19.4 Å². The van der Waals surface area contributed by atoms with Crippen molar-refractivity contribution in [1.29, 1.82) is 0 Å². The zero-order chi connectivity index (χ0) is 18.2. The maximum atomic E-state index is 12.3. The van der Waals surface area contributed by atoms with Crippen molar-refractivity contribution in [2.24, 2.45) is 0 Å². The van der Waals surface area contributed by atoms with Crippen LogP contribution in [-0.2, 0) is 11.2 Å². The lowest BCUT2D eigenvalue weighted by atomic mass is 10.0. The highest BCUT2D eigenvalue weighted by Crippen LogP contribution is 2.20. The Morgan fingerprint density at radius 1 is 1.27 bits per heavy atom. The lowest BCUT2D eigenvalue weighted by Gasteiger charge is -2.35. The van der Waals surface area contributed by atoms with Crippen LogP contribution in [0.2, 0.25) is 0 Å². The molecule has 2 aromatic rings. The predicted molar refractivity (Wildman–Crippen MR) is 108 cm³/mol. The number of likely N-dealkylation sites (tertiary alicyclic amines) is 1. The van der Waals surface area contributed by atoms with E-state index in [1.807, 2.05) is 6.07 Å². The number of aromatic amines is 1. The number of carbonyl (C=O) groups excluding carboxylic acids is 1. The van der Waals surface area contributed by atoms with Crippen LogP contribution in [0.3, 0.4) is 0 Å². The summed E-state index contributed by atoms with van der Waals surface area (Å²) >= 11 is 0. The molecule has 1 aliphatic rings. The molecule has 2 heterocycles. The van der Waals surface area contributed by atoms with Crippen LogP contribution in [-0.4, -0.2) is 41.5 Å². The summed E-state index contributed by atoms with van der Waals surface area (Å²) in [6.45, 7) is 5.43. The fourth-order valence-corrected chi connectivity index (χ4v) is 4.04. The van der Waals surface area contributed by atoms with Crippen LogP contribution in [0, 0.1) is 0 Å². The monoisotopic (exact) mass is 355 g/mol. The summed E-state index contributed by atoms with van der Waals surface area (Å²) in [4.78, 5) is 18.2. The summed E-state index contributed by atoms with van der Waals surface area (Å²) in [5.74, 6) is 0.200. The molecule has 0 aliphatic carbocycles. The van der Waals surface area contributed by atoms with Gasteiger partial charge in [-0.1, -0.05) is 38.0 Å². The standard InChI is InChI=1S/C22H33N3O/c1-2-3-14-25-15-7-6-10-19(25)17-24-22(26)13-8-9-18-16-23-21-12-5-4-11-20(18)21/h4-5,11-12,16,19,23H,2-3,6-10,13-15,17H2,1H3,(H,24,26). The summed E-state index contributed by atoms with van der Waals surface area (Å²) < 4.78 is 0. The van der Waals surface area contributed by atoms with Crippen molar-refractivity contribution in [3.05, 3.63) is 36.0 Å². The SMILES string of the molecule is CCCCN1CCCCC1CNC(=O)CCCc1c[nH]c2ccccc12. The summed E-state index contributed by atoms with van der Waals surface area (Å²) in [5.41, 5.74) is 2.49.